The van der Waals surface area contributed by atoms with Gasteiger partial charge in [-0.3, -0.25) is 19.3 Å². The Hall–Kier alpha value is -1.66. The molecular weight excluding hydrogens is 420 g/mol. The summed E-state index contributed by atoms with van der Waals surface area (Å²) >= 11 is 9.44. The van der Waals surface area contributed by atoms with Crippen LogP contribution in [0.5, 0.6) is 0 Å². The minimum atomic E-state index is -0.859. The molecule has 1 aromatic rings. The molecule has 5 nitrogen and oxygen atoms in total. The van der Waals surface area contributed by atoms with Crippen LogP contribution >= 0.6 is 27.5 Å². The van der Waals surface area contributed by atoms with E-state index in [0.717, 1.165) is 21.4 Å². The minimum absolute atomic E-state index is 0.134. The molecule has 5 atom stereocenters. The van der Waals surface area contributed by atoms with E-state index in [9.17, 15) is 14.4 Å². The third-order valence-electron chi connectivity index (χ3n) is 5.80. The average molecular weight is 438 g/mol. The number of allylic oxidation sites excluding steroid dienone is 2. The molecule has 0 spiro atoms. The van der Waals surface area contributed by atoms with E-state index in [4.69, 9.17) is 11.6 Å². The number of carbonyl (C=O) groups excluding carboxylic acids is 3. The van der Waals surface area contributed by atoms with Gasteiger partial charge in [-0.05, 0) is 65.7 Å². The van der Waals surface area contributed by atoms with Gasteiger partial charge in [0.25, 0.3) is 0 Å². The average Bonchev–Trinajstić information content (AvgIpc) is 3.26. The lowest BCUT2D eigenvalue weighted by Crippen LogP contribution is -2.46. The van der Waals surface area contributed by atoms with Gasteiger partial charge in [0.1, 0.15) is 6.04 Å². The second kappa shape index (κ2) is 6.20. The first-order valence-corrected chi connectivity index (χ1v) is 9.78. The van der Waals surface area contributed by atoms with Crippen molar-refractivity contribution in [2.24, 2.45) is 23.7 Å². The first kappa shape index (κ1) is 17.7. The van der Waals surface area contributed by atoms with Crippen molar-refractivity contribution in [2.45, 2.75) is 26.3 Å². The Kier molecular flexibility index (Phi) is 4.23. The Morgan fingerprint density at radius 3 is 2.38 bits per heavy atom. The summed E-state index contributed by atoms with van der Waals surface area (Å²) < 4.78 is 0.739. The van der Waals surface area contributed by atoms with Crippen molar-refractivity contribution in [1.82, 2.24) is 4.90 Å². The number of imide groups is 1. The van der Waals surface area contributed by atoms with Gasteiger partial charge in [0.05, 0.1) is 16.9 Å². The molecule has 1 saturated carbocycles. The molecule has 7 heteroatoms. The first-order valence-electron chi connectivity index (χ1n) is 8.61. The first-order chi connectivity index (χ1) is 12.3. The molecule has 2 aliphatic carbocycles. The molecule has 0 aromatic heterocycles. The summed E-state index contributed by atoms with van der Waals surface area (Å²) in [5.41, 5.74) is 1.40. The topological polar surface area (TPSA) is 66.5 Å². The van der Waals surface area contributed by atoms with Crippen molar-refractivity contribution in [3.05, 3.63) is 39.3 Å². The van der Waals surface area contributed by atoms with Gasteiger partial charge in [0.2, 0.25) is 17.7 Å². The summed E-state index contributed by atoms with van der Waals surface area (Å²) in [5.74, 6) is -1.15. The second-order valence-electron chi connectivity index (χ2n) is 7.29. The van der Waals surface area contributed by atoms with Crippen molar-refractivity contribution in [2.75, 3.05) is 5.32 Å². The third-order valence-corrected chi connectivity index (χ3v) is 6.99. The van der Waals surface area contributed by atoms with Crippen LogP contribution in [0.4, 0.5) is 5.69 Å². The summed E-state index contributed by atoms with van der Waals surface area (Å²) in [5, 5.41) is 3.27. The highest BCUT2D eigenvalue weighted by Gasteiger charge is 2.60. The van der Waals surface area contributed by atoms with Crippen LogP contribution < -0.4 is 5.32 Å². The maximum Gasteiger partial charge on any atom is 0.247 e. The number of aryl methyl sites for hydroxylation is 1. The standard InChI is InChI=1S/C19H18BrClN2O3/c1-8-5-12(20)13(21)7-14(8)22-17(24)9(2)23-18(25)15-10-3-4-11(6-10)16(15)19(23)26/h3-5,7,9-11,15-16H,6H2,1-2H3,(H,22,24)/t9-,10+,11+,15+,16+/m1/s1. The van der Waals surface area contributed by atoms with Crippen LogP contribution in [0.15, 0.2) is 28.8 Å². The number of halogens is 2. The maximum absolute atomic E-state index is 12.8. The molecular formula is C19H18BrClN2O3. The van der Waals surface area contributed by atoms with Gasteiger partial charge < -0.3 is 5.32 Å². The molecule has 1 aliphatic heterocycles. The molecule has 3 aliphatic rings. The van der Waals surface area contributed by atoms with E-state index in [1.54, 1.807) is 13.0 Å². The summed E-state index contributed by atoms with van der Waals surface area (Å²) in [7, 11) is 0. The number of anilines is 1. The van der Waals surface area contributed by atoms with Gasteiger partial charge in [-0.2, -0.15) is 0 Å². The lowest BCUT2D eigenvalue weighted by Gasteiger charge is -2.24. The number of benzene rings is 1. The lowest BCUT2D eigenvalue weighted by molar-refractivity contribution is -0.146. The number of rotatable bonds is 3. The predicted molar refractivity (Wildman–Crippen MR) is 102 cm³/mol. The maximum atomic E-state index is 12.8. The van der Waals surface area contributed by atoms with Crippen molar-refractivity contribution < 1.29 is 14.4 Å². The molecule has 0 radical (unpaired) electrons. The molecule has 2 fully saturated rings. The largest absolute Gasteiger partial charge is 0.324 e. The number of fused-ring (bicyclic) bond motifs is 5. The van der Waals surface area contributed by atoms with E-state index in [0.29, 0.717) is 10.7 Å². The number of nitrogens with zero attached hydrogens (tertiary/aromatic N) is 1. The van der Waals surface area contributed by atoms with Crippen molar-refractivity contribution in [1.29, 1.82) is 0 Å². The quantitative estimate of drug-likeness (QED) is 0.581. The zero-order valence-electron chi connectivity index (χ0n) is 14.3. The normalized spacial score (nSPS) is 30.1. The Morgan fingerprint density at radius 2 is 1.81 bits per heavy atom. The van der Waals surface area contributed by atoms with E-state index < -0.39 is 11.9 Å². The molecule has 4 rings (SSSR count). The van der Waals surface area contributed by atoms with Gasteiger partial charge in [-0.25, -0.2) is 0 Å². The molecule has 3 amide bonds. The Morgan fingerprint density at radius 1 is 1.23 bits per heavy atom. The molecule has 1 saturated heterocycles. The van der Waals surface area contributed by atoms with Gasteiger partial charge in [0.15, 0.2) is 0 Å². The third kappa shape index (κ3) is 2.54. The highest BCUT2D eigenvalue weighted by molar-refractivity contribution is 9.10. The van der Waals surface area contributed by atoms with Gasteiger partial charge in [-0.15, -0.1) is 0 Å². The zero-order valence-corrected chi connectivity index (χ0v) is 16.7. The van der Waals surface area contributed by atoms with Crippen LogP contribution in [0.25, 0.3) is 0 Å². The lowest BCUT2D eigenvalue weighted by atomic mass is 9.85. The smallest absolute Gasteiger partial charge is 0.247 e. The van der Waals surface area contributed by atoms with Gasteiger partial charge in [0, 0.05) is 10.2 Å². The highest BCUT2D eigenvalue weighted by Crippen LogP contribution is 2.52. The van der Waals surface area contributed by atoms with Crippen LogP contribution in [-0.4, -0.2) is 28.7 Å². The molecule has 136 valence electrons. The van der Waals surface area contributed by atoms with E-state index in [2.05, 4.69) is 21.2 Å². The highest BCUT2D eigenvalue weighted by atomic mass is 79.9. The van der Waals surface area contributed by atoms with Crippen LogP contribution in [0.1, 0.15) is 18.9 Å². The fraction of sp³-hybridized carbons (Fsp3) is 0.421. The summed E-state index contributed by atoms with van der Waals surface area (Å²) in [4.78, 5) is 39.5. The van der Waals surface area contributed by atoms with Crippen molar-refractivity contribution in [3.8, 4) is 0 Å². The van der Waals surface area contributed by atoms with Crippen LogP contribution in [0, 0.1) is 30.6 Å². The van der Waals surface area contributed by atoms with E-state index in [-0.39, 0.29) is 35.5 Å². The van der Waals surface area contributed by atoms with E-state index in [1.807, 2.05) is 25.1 Å². The number of hydrogen-bond acceptors (Lipinski definition) is 3. The molecule has 0 unspecified atom stereocenters. The van der Waals surface area contributed by atoms with Crippen LogP contribution in [0.2, 0.25) is 5.02 Å². The summed E-state index contributed by atoms with van der Waals surface area (Å²) in [6.45, 7) is 3.44. The van der Waals surface area contributed by atoms with Crippen molar-refractivity contribution >= 4 is 50.9 Å². The Bertz CT molecular complexity index is 839. The number of nitrogens with one attached hydrogen (secondary N) is 1. The summed E-state index contributed by atoms with van der Waals surface area (Å²) in [6, 6.07) is 2.60. The summed E-state index contributed by atoms with van der Waals surface area (Å²) in [6.07, 6.45) is 4.95. The fourth-order valence-corrected chi connectivity index (χ4v) is 5.06. The molecule has 2 bridgehead atoms. The minimum Gasteiger partial charge on any atom is -0.324 e. The van der Waals surface area contributed by atoms with Crippen molar-refractivity contribution in [3.63, 3.8) is 0 Å². The Balaban J connectivity index is 1.54. The number of likely N-dealkylation sites (tertiary alicyclic amines) is 1. The number of hydrogen-bond donors (Lipinski definition) is 1. The molecule has 1 aromatic carbocycles. The molecule has 1 N–H and O–H groups in total. The van der Waals surface area contributed by atoms with Crippen LogP contribution in [0.3, 0.4) is 0 Å². The van der Waals surface area contributed by atoms with Gasteiger partial charge >= 0.3 is 0 Å². The molecule has 26 heavy (non-hydrogen) atoms. The SMILES string of the molecule is Cc1cc(Br)c(Cl)cc1NC(=O)[C@@H](C)N1C(=O)[C@@H]2[C@@H](C1=O)[C@H]1C=C[C@H]2C1. The van der Waals surface area contributed by atoms with E-state index >= 15 is 0 Å². The fourth-order valence-electron chi connectivity index (χ4n) is 4.44. The Labute approximate surface area is 164 Å². The zero-order chi connectivity index (χ0) is 18.7. The predicted octanol–water partition coefficient (Wildman–Crippen LogP) is 3.55. The second-order valence-corrected chi connectivity index (χ2v) is 8.55. The number of carbonyl (C=O) groups is 3. The molecule has 1 heterocycles. The van der Waals surface area contributed by atoms with Gasteiger partial charge in [-0.1, -0.05) is 23.8 Å². The van der Waals surface area contributed by atoms with Crippen LogP contribution in [-0.2, 0) is 14.4 Å². The van der Waals surface area contributed by atoms with E-state index in [1.165, 1.54) is 0 Å². The monoisotopic (exact) mass is 436 g/mol. The number of amides is 3.